The van der Waals surface area contributed by atoms with Crippen LogP contribution in [0, 0.1) is 0 Å². The molecule has 0 amide bonds. The Morgan fingerprint density at radius 3 is 0.984 bits per heavy atom. The van der Waals surface area contributed by atoms with E-state index in [0.717, 1.165) is 32.1 Å². The molecule has 0 heterocycles. The van der Waals surface area contributed by atoms with Crippen molar-refractivity contribution >= 4 is 11.9 Å². The van der Waals surface area contributed by atoms with Crippen molar-refractivity contribution in [2.45, 2.75) is 322 Å². The van der Waals surface area contributed by atoms with Crippen LogP contribution in [0.5, 0.6) is 0 Å². The number of carbonyl (C=O) groups is 2. The Balaban J connectivity index is 4.14. The van der Waals surface area contributed by atoms with Gasteiger partial charge in [-0.3, -0.25) is 9.59 Å². The van der Waals surface area contributed by atoms with Crippen molar-refractivity contribution in [3.63, 3.8) is 0 Å². The number of ether oxygens (including phenoxy) is 3. The molecule has 0 fully saturated rings. The van der Waals surface area contributed by atoms with E-state index in [2.05, 4.69) is 32.9 Å². The molecule has 0 aliphatic rings. The topological polar surface area (TPSA) is 61.8 Å². The number of esters is 2. The number of unbranched alkanes of at least 4 members (excludes halogenated alkanes) is 40. The SMILES string of the molecule is CCCCCCCC/C=C\CCCCCCCCCCCC(=O)OCC(COCCCCCCCCCCCCCCCCCC)OC(=O)CCCCCCCCCCCCC. The van der Waals surface area contributed by atoms with Crippen LogP contribution < -0.4 is 0 Å². The molecule has 1 unspecified atom stereocenters. The second kappa shape index (κ2) is 54.0. The zero-order chi connectivity index (χ0) is 44.9. The van der Waals surface area contributed by atoms with Crippen LogP contribution in [0.1, 0.15) is 316 Å². The molecule has 368 valence electrons. The molecular weight excluding hydrogens is 765 g/mol. The van der Waals surface area contributed by atoms with Crippen LogP contribution in [-0.2, 0) is 23.8 Å². The van der Waals surface area contributed by atoms with E-state index in [9.17, 15) is 9.59 Å². The number of hydrogen-bond donors (Lipinski definition) is 0. The van der Waals surface area contributed by atoms with Gasteiger partial charge in [0.25, 0.3) is 0 Å². The molecule has 0 aliphatic heterocycles. The zero-order valence-electron chi connectivity index (χ0n) is 42.4. The molecule has 0 rings (SSSR count). The van der Waals surface area contributed by atoms with Crippen molar-refractivity contribution in [1.29, 1.82) is 0 Å². The molecule has 0 saturated heterocycles. The van der Waals surface area contributed by atoms with Crippen molar-refractivity contribution in [2.75, 3.05) is 19.8 Å². The Bertz CT molecular complexity index is 902. The highest BCUT2D eigenvalue weighted by Crippen LogP contribution is 2.17. The van der Waals surface area contributed by atoms with Gasteiger partial charge in [0.05, 0.1) is 6.61 Å². The first kappa shape index (κ1) is 60.6. The van der Waals surface area contributed by atoms with Crippen LogP contribution in [0.15, 0.2) is 12.2 Å². The van der Waals surface area contributed by atoms with Crippen LogP contribution in [0.4, 0.5) is 0 Å². The van der Waals surface area contributed by atoms with E-state index in [1.54, 1.807) is 0 Å². The Hall–Kier alpha value is -1.36. The minimum absolute atomic E-state index is 0.0940. The molecule has 0 aliphatic carbocycles. The largest absolute Gasteiger partial charge is 0.462 e. The van der Waals surface area contributed by atoms with E-state index < -0.39 is 6.10 Å². The fourth-order valence-electron chi connectivity index (χ4n) is 8.57. The first-order valence-corrected chi connectivity index (χ1v) is 28.2. The molecule has 5 heteroatoms. The quantitative estimate of drug-likeness (QED) is 0.0346. The molecule has 0 radical (unpaired) electrons. The fraction of sp³-hybridized carbons (Fsp3) is 0.930. The number of hydrogen-bond acceptors (Lipinski definition) is 5. The Labute approximate surface area is 388 Å². The van der Waals surface area contributed by atoms with Crippen molar-refractivity contribution in [1.82, 2.24) is 0 Å². The van der Waals surface area contributed by atoms with E-state index in [1.165, 1.54) is 250 Å². The van der Waals surface area contributed by atoms with Gasteiger partial charge >= 0.3 is 11.9 Å². The normalized spacial score (nSPS) is 12.1. The highest BCUT2D eigenvalue weighted by Gasteiger charge is 2.17. The second-order valence-electron chi connectivity index (χ2n) is 19.2. The molecule has 0 aromatic rings. The Morgan fingerprint density at radius 1 is 0.339 bits per heavy atom. The summed E-state index contributed by atoms with van der Waals surface area (Å²) < 4.78 is 17.5. The summed E-state index contributed by atoms with van der Waals surface area (Å²) in [6.45, 7) is 7.89. The third kappa shape index (κ3) is 51.3. The first-order valence-electron chi connectivity index (χ1n) is 28.2. The summed E-state index contributed by atoms with van der Waals surface area (Å²) in [6, 6.07) is 0. The highest BCUT2D eigenvalue weighted by atomic mass is 16.6. The molecule has 1 atom stereocenters. The predicted octanol–water partition coefficient (Wildman–Crippen LogP) is 19.0. The third-order valence-electron chi connectivity index (χ3n) is 12.8. The molecule has 5 nitrogen and oxygen atoms in total. The van der Waals surface area contributed by atoms with Gasteiger partial charge in [-0.2, -0.15) is 0 Å². The standard InChI is InChI=1S/C57H110O5/c1-4-7-10-13-16-19-22-24-26-28-29-30-31-33-36-38-41-44-47-50-56(58)61-54-55(62-57(59)51-48-45-42-39-35-21-18-15-12-9-6-3)53-60-52-49-46-43-40-37-34-32-27-25-23-20-17-14-11-8-5-2/h24,26,55H,4-23,25,27-54H2,1-3H3/b26-24-. The van der Waals surface area contributed by atoms with Crippen LogP contribution in [0.3, 0.4) is 0 Å². The van der Waals surface area contributed by atoms with Gasteiger partial charge in [-0.05, 0) is 44.9 Å². The van der Waals surface area contributed by atoms with Gasteiger partial charge in [0.1, 0.15) is 6.61 Å². The average Bonchev–Trinajstić information content (AvgIpc) is 3.27. The predicted molar refractivity (Wildman–Crippen MR) is 270 cm³/mol. The maximum atomic E-state index is 12.8. The second-order valence-corrected chi connectivity index (χ2v) is 19.2. The van der Waals surface area contributed by atoms with Gasteiger partial charge in [0.15, 0.2) is 6.10 Å². The Morgan fingerprint density at radius 2 is 0.629 bits per heavy atom. The van der Waals surface area contributed by atoms with Gasteiger partial charge in [-0.15, -0.1) is 0 Å². The molecule has 0 saturated carbocycles. The van der Waals surface area contributed by atoms with Gasteiger partial charge in [0.2, 0.25) is 0 Å². The average molecular weight is 876 g/mol. The smallest absolute Gasteiger partial charge is 0.306 e. The molecule has 0 aromatic heterocycles. The van der Waals surface area contributed by atoms with Gasteiger partial charge in [0, 0.05) is 19.4 Å². The first-order chi connectivity index (χ1) is 30.6. The van der Waals surface area contributed by atoms with Crippen LogP contribution >= 0.6 is 0 Å². The highest BCUT2D eigenvalue weighted by molar-refractivity contribution is 5.70. The van der Waals surface area contributed by atoms with Crippen molar-refractivity contribution < 1.29 is 23.8 Å². The summed E-state index contributed by atoms with van der Waals surface area (Å²) in [5.41, 5.74) is 0. The zero-order valence-corrected chi connectivity index (χ0v) is 42.4. The lowest BCUT2D eigenvalue weighted by molar-refractivity contribution is -0.163. The van der Waals surface area contributed by atoms with E-state index >= 15 is 0 Å². The van der Waals surface area contributed by atoms with Gasteiger partial charge in [-0.25, -0.2) is 0 Å². The molecule has 0 aromatic carbocycles. The lowest BCUT2D eigenvalue weighted by Crippen LogP contribution is -2.30. The molecule has 0 spiro atoms. The summed E-state index contributed by atoms with van der Waals surface area (Å²) in [6.07, 6.45) is 62.3. The van der Waals surface area contributed by atoms with Crippen molar-refractivity contribution in [2.24, 2.45) is 0 Å². The summed E-state index contributed by atoms with van der Waals surface area (Å²) in [4.78, 5) is 25.4. The maximum Gasteiger partial charge on any atom is 0.306 e. The number of allylic oxidation sites excluding steroid dienone is 2. The minimum Gasteiger partial charge on any atom is -0.462 e. The van der Waals surface area contributed by atoms with Crippen LogP contribution in [0.25, 0.3) is 0 Å². The third-order valence-corrected chi connectivity index (χ3v) is 12.8. The van der Waals surface area contributed by atoms with Crippen LogP contribution in [0.2, 0.25) is 0 Å². The van der Waals surface area contributed by atoms with Gasteiger partial charge < -0.3 is 14.2 Å². The van der Waals surface area contributed by atoms with E-state index in [4.69, 9.17) is 14.2 Å². The van der Waals surface area contributed by atoms with E-state index in [0.29, 0.717) is 26.1 Å². The summed E-state index contributed by atoms with van der Waals surface area (Å²) in [5.74, 6) is -0.376. The molecular formula is C57H110O5. The van der Waals surface area contributed by atoms with Crippen molar-refractivity contribution in [3.05, 3.63) is 12.2 Å². The fourth-order valence-corrected chi connectivity index (χ4v) is 8.57. The molecule has 62 heavy (non-hydrogen) atoms. The minimum atomic E-state index is -0.527. The summed E-state index contributed by atoms with van der Waals surface area (Å²) in [7, 11) is 0. The molecule has 0 bridgehead atoms. The monoisotopic (exact) mass is 875 g/mol. The summed E-state index contributed by atoms with van der Waals surface area (Å²) in [5, 5.41) is 0. The van der Waals surface area contributed by atoms with Gasteiger partial charge in [-0.1, -0.05) is 270 Å². The number of rotatable bonds is 53. The van der Waals surface area contributed by atoms with Crippen molar-refractivity contribution in [3.8, 4) is 0 Å². The lowest BCUT2D eigenvalue weighted by Gasteiger charge is -2.18. The number of carbonyl (C=O) groups excluding carboxylic acids is 2. The Kier molecular flexibility index (Phi) is 52.8. The van der Waals surface area contributed by atoms with Crippen LogP contribution in [-0.4, -0.2) is 37.9 Å². The lowest BCUT2D eigenvalue weighted by atomic mass is 10.0. The van der Waals surface area contributed by atoms with E-state index in [-0.39, 0.29) is 18.5 Å². The molecule has 0 N–H and O–H groups in total. The summed E-state index contributed by atoms with van der Waals surface area (Å²) >= 11 is 0. The maximum absolute atomic E-state index is 12.8. The van der Waals surface area contributed by atoms with E-state index in [1.807, 2.05) is 0 Å².